The van der Waals surface area contributed by atoms with Crippen molar-refractivity contribution >= 4 is 11.6 Å². The van der Waals surface area contributed by atoms with Crippen LogP contribution in [0.4, 0.5) is 0 Å². The van der Waals surface area contributed by atoms with Crippen molar-refractivity contribution < 1.29 is 24.9 Å². The van der Waals surface area contributed by atoms with Crippen LogP contribution in [0, 0.1) is 6.92 Å². The molecule has 2 aliphatic rings. The highest BCUT2D eigenvalue weighted by Gasteiger charge is 2.43. The van der Waals surface area contributed by atoms with Gasteiger partial charge in [0.25, 0.3) is 0 Å². The van der Waals surface area contributed by atoms with Crippen molar-refractivity contribution in [1.82, 2.24) is 0 Å². The van der Waals surface area contributed by atoms with E-state index in [1.54, 1.807) is 12.1 Å². The summed E-state index contributed by atoms with van der Waals surface area (Å²) < 4.78 is 0. The molecule has 5 rings (SSSR count). The number of aliphatic hydroxyl groups excluding tert-OH is 1. The third-order valence-corrected chi connectivity index (χ3v) is 5.98. The van der Waals surface area contributed by atoms with Crippen LogP contribution >= 0.6 is 0 Å². The van der Waals surface area contributed by atoms with Gasteiger partial charge in [0.15, 0.2) is 11.6 Å². The Kier molecular flexibility index (Phi) is 3.67. The molecule has 5 nitrogen and oxygen atoms in total. The minimum absolute atomic E-state index is 0.133. The SMILES string of the molecule is Cc1cccc(C2CC(O)c3c(O)c4c(c(O)c32)C(=O)c2ccccc2C4=O)c1. The van der Waals surface area contributed by atoms with Gasteiger partial charge >= 0.3 is 0 Å². The standard InChI is InChI=1S/C24H18O5/c1-11-5-4-6-12(9-11)15-10-16(25)18-17(15)23(28)19-20(24(18)29)22(27)14-8-3-2-7-13(14)21(19)26/h2-9,15-16,25,28-29H,10H2,1H3. The van der Waals surface area contributed by atoms with Crippen LogP contribution in [0.3, 0.4) is 0 Å². The Morgan fingerprint density at radius 2 is 1.41 bits per heavy atom. The molecule has 29 heavy (non-hydrogen) atoms. The summed E-state index contributed by atoms with van der Waals surface area (Å²) in [6, 6.07) is 14.0. The van der Waals surface area contributed by atoms with Crippen molar-refractivity contribution in [3.05, 3.63) is 93.0 Å². The van der Waals surface area contributed by atoms with E-state index in [0.717, 1.165) is 11.1 Å². The summed E-state index contributed by atoms with van der Waals surface area (Å²) in [5.74, 6) is -2.17. The van der Waals surface area contributed by atoms with E-state index in [2.05, 4.69) is 0 Å². The van der Waals surface area contributed by atoms with Gasteiger partial charge in [0.1, 0.15) is 11.5 Å². The number of hydrogen-bond donors (Lipinski definition) is 3. The summed E-state index contributed by atoms with van der Waals surface area (Å²) >= 11 is 0. The third-order valence-electron chi connectivity index (χ3n) is 5.98. The van der Waals surface area contributed by atoms with Crippen molar-refractivity contribution in [3.8, 4) is 11.5 Å². The smallest absolute Gasteiger partial charge is 0.198 e. The topological polar surface area (TPSA) is 94.8 Å². The van der Waals surface area contributed by atoms with Crippen molar-refractivity contribution in [2.45, 2.75) is 25.4 Å². The number of fused-ring (bicyclic) bond motifs is 3. The molecule has 5 heteroatoms. The van der Waals surface area contributed by atoms with Gasteiger partial charge in [-0.05, 0) is 18.9 Å². The van der Waals surface area contributed by atoms with E-state index < -0.39 is 29.3 Å². The van der Waals surface area contributed by atoms with Crippen LogP contribution in [0.25, 0.3) is 0 Å². The number of benzene rings is 3. The molecule has 0 saturated heterocycles. The van der Waals surface area contributed by atoms with Crippen LogP contribution in [-0.2, 0) is 0 Å². The molecule has 0 amide bonds. The molecule has 0 aromatic heterocycles. The average molecular weight is 386 g/mol. The first-order valence-corrected chi connectivity index (χ1v) is 9.44. The maximum atomic E-state index is 13.1. The highest BCUT2D eigenvalue weighted by Crippen LogP contribution is 2.55. The lowest BCUT2D eigenvalue weighted by atomic mass is 9.79. The zero-order valence-corrected chi connectivity index (χ0v) is 15.6. The van der Waals surface area contributed by atoms with Gasteiger partial charge in [0.05, 0.1) is 17.2 Å². The monoisotopic (exact) mass is 386 g/mol. The molecule has 2 unspecified atom stereocenters. The normalized spacial score (nSPS) is 19.7. The average Bonchev–Trinajstić information content (AvgIpc) is 3.07. The molecule has 144 valence electrons. The predicted octanol–water partition coefficient (Wildman–Crippen LogP) is 3.75. The van der Waals surface area contributed by atoms with Crippen LogP contribution < -0.4 is 0 Å². The molecule has 0 spiro atoms. The quantitative estimate of drug-likeness (QED) is 0.433. The first-order chi connectivity index (χ1) is 13.9. The molecule has 0 heterocycles. The molecule has 3 aromatic carbocycles. The summed E-state index contributed by atoms with van der Waals surface area (Å²) in [7, 11) is 0. The lowest BCUT2D eigenvalue weighted by Crippen LogP contribution is -2.22. The van der Waals surface area contributed by atoms with Gasteiger partial charge in [-0.15, -0.1) is 0 Å². The Morgan fingerprint density at radius 1 is 0.828 bits per heavy atom. The molecule has 2 atom stereocenters. The summed E-state index contributed by atoms with van der Waals surface area (Å²) in [5.41, 5.74) is 2.31. The van der Waals surface area contributed by atoms with Gasteiger partial charge in [0, 0.05) is 28.2 Å². The van der Waals surface area contributed by atoms with Crippen LogP contribution in [0.5, 0.6) is 11.5 Å². The highest BCUT2D eigenvalue weighted by molar-refractivity contribution is 6.30. The molecule has 0 radical (unpaired) electrons. The number of carbonyl (C=O) groups excluding carboxylic acids is 2. The number of aryl methyl sites for hydroxylation is 1. The first kappa shape index (κ1) is 17.6. The third kappa shape index (κ3) is 2.31. The molecule has 3 N–H and O–H groups in total. The lowest BCUT2D eigenvalue weighted by molar-refractivity contribution is 0.0973. The van der Waals surface area contributed by atoms with E-state index >= 15 is 0 Å². The molecular formula is C24H18O5. The largest absolute Gasteiger partial charge is 0.507 e. The van der Waals surface area contributed by atoms with Crippen molar-refractivity contribution in [2.24, 2.45) is 0 Å². The minimum atomic E-state index is -1.05. The van der Waals surface area contributed by atoms with Gasteiger partial charge in [-0.1, -0.05) is 54.1 Å². The maximum absolute atomic E-state index is 13.1. The zero-order valence-electron chi connectivity index (χ0n) is 15.6. The first-order valence-electron chi connectivity index (χ1n) is 9.44. The van der Waals surface area contributed by atoms with Gasteiger partial charge in [-0.25, -0.2) is 0 Å². The van der Waals surface area contributed by atoms with Crippen LogP contribution in [0.15, 0.2) is 48.5 Å². The van der Waals surface area contributed by atoms with Gasteiger partial charge in [-0.2, -0.15) is 0 Å². The summed E-state index contributed by atoms with van der Waals surface area (Å²) in [5, 5.41) is 32.7. The molecular weight excluding hydrogens is 368 g/mol. The molecule has 0 saturated carbocycles. The second kappa shape index (κ2) is 6.03. The summed E-state index contributed by atoms with van der Waals surface area (Å²) in [4.78, 5) is 26.1. The van der Waals surface area contributed by atoms with Crippen LogP contribution in [-0.4, -0.2) is 26.9 Å². The van der Waals surface area contributed by atoms with Crippen LogP contribution in [0.2, 0.25) is 0 Å². The molecule has 3 aromatic rings. The van der Waals surface area contributed by atoms with Crippen LogP contribution in [0.1, 0.15) is 72.5 Å². The van der Waals surface area contributed by atoms with Crippen molar-refractivity contribution in [3.63, 3.8) is 0 Å². The Labute approximate surface area is 166 Å². The zero-order chi connectivity index (χ0) is 20.4. The Morgan fingerprint density at radius 3 is 2.00 bits per heavy atom. The second-order valence-electron chi connectivity index (χ2n) is 7.70. The Hall–Kier alpha value is -3.44. The number of ketones is 2. The van der Waals surface area contributed by atoms with Crippen molar-refractivity contribution in [2.75, 3.05) is 0 Å². The van der Waals surface area contributed by atoms with Gasteiger partial charge in [-0.3, -0.25) is 9.59 Å². The predicted molar refractivity (Wildman–Crippen MR) is 106 cm³/mol. The van der Waals surface area contributed by atoms with E-state index in [1.807, 2.05) is 31.2 Å². The molecule has 0 bridgehead atoms. The fraction of sp³-hybridized carbons (Fsp3) is 0.167. The van der Waals surface area contributed by atoms with E-state index in [0.29, 0.717) is 5.56 Å². The molecule has 0 aliphatic heterocycles. The highest BCUT2D eigenvalue weighted by atomic mass is 16.3. The van der Waals surface area contributed by atoms with E-state index in [9.17, 15) is 24.9 Å². The Balaban J connectivity index is 1.81. The summed E-state index contributed by atoms with van der Waals surface area (Å²) in [6.45, 7) is 1.94. The number of hydrogen-bond acceptors (Lipinski definition) is 5. The Bertz CT molecular complexity index is 1220. The molecule has 2 aliphatic carbocycles. The fourth-order valence-corrected chi connectivity index (χ4v) is 4.69. The maximum Gasteiger partial charge on any atom is 0.198 e. The van der Waals surface area contributed by atoms with E-state index in [-0.39, 0.29) is 40.0 Å². The van der Waals surface area contributed by atoms with Crippen molar-refractivity contribution in [1.29, 1.82) is 0 Å². The van der Waals surface area contributed by atoms with E-state index in [4.69, 9.17) is 0 Å². The molecule has 0 fully saturated rings. The second-order valence-corrected chi connectivity index (χ2v) is 7.70. The lowest BCUT2D eigenvalue weighted by Gasteiger charge is -2.23. The number of carbonyl (C=O) groups is 2. The van der Waals surface area contributed by atoms with E-state index in [1.165, 1.54) is 12.1 Å². The summed E-state index contributed by atoms with van der Waals surface area (Å²) in [6.07, 6.45) is -0.801. The fourth-order valence-electron chi connectivity index (χ4n) is 4.69. The number of aliphatic hydroxyl groups is 1. The number of aromatic hydroxyl groups is 2. The minimum Gasteiger partial charge on any atom is -0.507 e. The number of phenols is 2. The van der Waals surface area contributed by atoms with Gasteiger partial charge in [0.2, 0.25) is 0 Å². The number of phenolic OH excluding ortho intramolecular Hbond substituents is 2. The number of rotatable bonds is 1. The van der Waals surface area contributed by atoms with Gasteiger partial charge < -0.3 is 15.3 Å².